The van der Waals surface area contributed by atoms with E-state index in [1.165, 1.54) is 13.0 Å². The lowest BCUT2D eigenvalue weighted by Gasteiger charge is -2.35. The van der Waals surface area contributed by atoms with Crippen molar-refractivity contribution in [3.8, 4) is 0 Å². The molecule has 0 radical (unpaired) electrons. The van der Waals surface area contributed by atoms with Crippen LogP contribution in [0.4, 0.5) is 0 Å². The van der Waals surface area contributed by atoms with E-state index >= 15 is 0 Å². The predicted octanol–water partition coefficient (Wildman–Crippen LogP) is 2.25. The van der Waals surface area contributed by atoms with Gasteiger partial charge in [-0.05, 0) is 24.6 Å². The number of aliphatic hydroxyl groups excluding tert-OH is 1. The third kappa shape index (κ3) is 5.86. The van der Waals surface area contributed by atoms with E-state index < -0.39 is 6.10 Å². The Morgan fingerprint density at radius 2 is 1.86 bits per heavy atom. The van der Waals surface area contributed by atoms with Gasteiger partial charge in [0.2, 0.25) is 0 Å². The van der Waals surface area contributed by atoms with Gasteiger partial charge in [0, 0.05) is 37.7 Å². The molecule has 0 amide bonds. The van der Waals surface area contributed by atoms with Crippen molar-refractivity contribution >= 4 is 11.6 Å². The first-order valence-electron chi connectivity index (χ1n) is 8.13. The zero-order chi connectivity index (χ0) is 15.8. The number of ether oxygens (including phenoxy) is 1. The monoisotopic (exact) mass is 326 g/mol. The highest BCUT2D eigenvalue weighted by atomic mass is 35.5. The molecule has 1 aromatic rings. The van der Waals surface area contributed by atoms with E-state index in [0.717, 1.165) is 31.7 Å². The van der Waals surface area contributed by atoms with Crippen LogP contribution in [0, 0.1) is 0 Å². The van der Waals surface area contributed by atoms with Gasteiger partial charge in [0.1, 0.15) is 0 Å². The number of rotatable bonds is 8. The molecule has 0 aliphatic carbocycles. The summed E-state index contributed by atoms with van der Waals surface area (Å²) in [5.41, 5.74) is 0.963. The summed E-state index contributed by atoms with van der Waals surface area (Å²) in [7, 11) is 0. The number of hydrogen-bond acceptors (Lipinski definition) is 4. The number of halogens is 1. The van der Waals surface area contributed by atoms with Crippen LogP contribution in [-0.4, -0.2) is 66.9 Å². The molecule has 124 valence electrons. The van der Waals surface area contributed by atoms with Gasteiger partial charge >= 0.3 is 0 Å². The average Bonchev–Trinajstić information content (AvgIpc) is 2.51. The van der Waals surface area contributed by atoms with Gasteiger partial charge in [0.05, 0.1) is 19.3 Å². The summed E-state index contributed by atoms with van der Waals surface area (Å²) in [6.07, 6.45) is 0.763. The second kappa shape index (κ2) is 9.48. The quantitative estimate of drug-likeness (QED) is 0.795. The first kappa shape index (κ1) is 17.7. The molecule has 1 N–H and O–H groups in total. The van der Waals surface area contributed by atoms with Crippen LogP contribution in [0.15, 0.2) is 24.3 Å². The molecule has 0 spiro atoms. The van der Waals surface area contributed by atoms with Crippen molar-refractivity contribution in [3.63, 3.8) is 0 Å². The van der Waals surface area contributed by atoms with Gasteiger partial charge in [-0.25, -0.2) is 0 Å². The van der Waals surface area contributed by atoms with Crippen LogP contribution in [0.3, 0.4) is 0 Å². The normalized spacial score (nSPS) is 18.5. The summed E-state index contributed by atoms with van der Waals surface area (Å²) < 4.78 is 5.59. The van der Waals surface area contributed by atoms with Crippen LogP contribution in [0.1, 0.15) is 18.9 Å². The first-order valence-corrected chi connectivity index (χ1v) is 8.50. The minimum Gasteiger partial charge on any atom is -0.389 e. The second-order valence-corrected chi connectivity index (χ2v) is 6.31. The molecule has 1 aliphatic heterocycles. The van der Waals surface area contributed by atoms with Gasteiger partial charge in [-0.3, -0.25) is 4.90 Å². The number of β-amino-alcohol motifs (C(OH)–C–C–N with tert-alkyl or cyclic N) is 1. The van der Waals surface area contributed by atoms with Crippen molar-refractivity contribution in [1.82, 2.24) is 9.80 Å². The summed E-state index contributed by atoms with van der Waals surface area (Å²) in [6.45, 7) is 9.12. The fourth-order valence-electron chi connectivity index (χ4n) is 2.78. The van der Waals surface area contributed by atoms with E-state index in [2.05, 4.69) is 16.7 Å². The van der Waals surface area contributed by atoms with Crippen LogP contribution < -0.4 is 0 Å². The lowest BCUT2D eigenvalue weighted by Crippen LogP contribution is -2.49. The highest BCUT2D eigenvalue weighted by molar-refractivity contribution is 6.31. The van der Waals surface area contributed by atoms with Gasteiger partial charge in [-0.15, -0.1) is 0 Å². The molecule has 2 rings (SSSR count). The number of piperazine rings is 1. The third-order valence-electron chi connectivity index (χ3n) is 4.00. The average molecular weight is 327 g/mol. The molecule has 1 heterocycles. The summed E-state index contributed by atoms with van der Waals surface area (Å²) in [5.74, 6) is 0. The van der Waals surface area contributed by atoms with Gasteiger partial charge < -0.3 is 14.7 Å². The number of aliphatic hydroxyl groups is 1. The molecule has 1 fully saturated rings. The Balaban J connectivity index is 1.62. The summed E-state index contributed by atoms with van der Waals surface area (Å²) in [4.78, 5) is 4.80. The number of nitrogens with zero attached hydrogens (tertiary/aromatic N) is 2. The molecule has 22 heavy (non-hydrogen) atoms. The Hall–Kier alpha value is -0.650. The SMILES string of the molecule is CCCN1CCN(CC(O)COCc2ccccc2Cl)CC1. The van der Waals surface area contributed by atoms with E-state index in [1.54, 1.807) is 0 Å². The Labute approximate surface area is 138 Å². The van der Waals surface area contributed by atoms with Gasteiger partial charge in [0.25, 0.3) is 0 Å². The fraction of sp³-hybridized carbons (Fsp3) is 0.647. The smallest absolute Gasteiger partial charge is 0.0900 e. The molecule has 1 aliphatic rings. The Kier molecular flexibility index (Phi) is 7.63. The van der Waals surface area contributed by atoms with Crippen LogP contribution in [0.2, 0.25) is 5.02 Å². The Morgan fingerprint density at radius 1 is 1.18 bits per heavy atom. The van der Waals surface area contributed by atoms with Crippen LogP contribution in [0.5, 0.6) is 0 Å². The van der Waals surface area contributed by atoms with E-state index in [1.807, 2.05) is 24.3 Å². The molecule has 0 aromatic heterocycles. The molecule has 0 bridgehead atoms. The van der Waals surface area contributed by atoms with E-state index in [4.69, 9.17) is 16.3 Å². The molecular weight excluding hydrogens is 300 g/mol. The fourth-order valence-corrected chi connectivity index (χ4v) is 2.97. The lowest BCUT2D eigenvalue weighted by atomic mass is 10.2. The maximum absolute atomic E-state index is 10.1. The van der Waals surface area contributed by atoms with E-state index in [9.17, 15) is 5.11 Å². The Bertz CT molecular complexity index is 436. The highest BCUT2D eigenvalue weighted by Crippen LogP contribution is 2.15. The van der Waals surface area contributed by atoms with Gasteiger partial charge in [0.15, 0.2) is 0 Å². The lowest BCUT2D eigenvalue weighted by molar-refractivity contribution is 0.00146. The topological polar surface area (TPSA) is 35.9 Å². The third-order valence-corrected chi connectivity index (χ3v) is 4.37. The van der Waals surface area contributed by atoms with Crippen molar-refractivity contribution in [2.45, 2.75) is 26.1 Å². The first-order chi connectivity index (χ1) is 10.7. The minimum atomic E-state index is -0.444. The minimum absolute atomic E-state index is 0.348. The molecule has 1 saturated heterocycles. The van der Waals surface area contributed by atoms with Crippen LogP contribution >= 0.6 is 11.6 Å². The molecule has 1 unspecified atom stereocenters. The summed E-state index contributed by atoms with van der Waals surface area (Å²) in [6, 6.07) is 7.64. The molecule has 1 aromatic carbocycles. The zero-order valence-electron chi connectivity index (χ0n) is 13.4. The van der Waals surface area contributed by atoms with Gasteiger partial charge in [-0.2, -0.15) is 0 Å². The largest absolute Gasteiger partial charge is 0.389 e. The van der Waals surface area contributed by atoms with Crippen LogP contribution in [0.25, 0.3) is 0 Å². The molecule has 1 atom stereocenters. The number of hydrogen-bond donors (Lipinski definition) is 1. The van der Waals surface area contributed by atoms with Gasteiger partial charge in [-0.1, -0.05) is 36.7 Å². The molecule has 4 nitrogen and oxygen atoms in total. The van der Waals surface area contributed by atoms with Crippen molar-refractivity contribution in [2.24, 2.45) is 0 Å². The van der Waals surface area contributed by atoms with E-state index in [0.29, 0.717) is 24.8 Å². The summed E-state index contributed by atoms with van der Waals surface area (Å²) in [5, 5.41) is 10.8. The van der Waals surface area contributed by atoms with Crippen molar-refractivity contribution in [1.29, 1.82) is 0 Å². The molecule has 0 saturated carbocycles. The highest BCUT2D eigenvalue weighted by Gasteiger charge is 2.18. The van der Waals surface area contributed by atoms with Crippen LogP contribution in [-0.2, 0) is 11.3 Å². The van der Waals surface area contributed by atoms with Crippen molar-refractivity contribution in [2.75, 3.05) is 45.9 Å². The second-order valence-electron chi connectivity index (χ2n) is 5.90. The molecular formula is C17H27ClN2O2. The molecule has 5 heteroatoms. The predicted molar refractivity (Wildman–Crippen MR) is 90.3 cm³/mol. The zero-order valence-corrected chi connectivity index (χ0v) is 14.1. The number of benzene rings is 1. The van der Waals surface area contributed by atoms with E-state index in [-0.39, 0.29) is 0 Å². The van der Waals surface area contributed by atoms with Crippen molar-refractivity contribution in [3.05, 3.63) is 34.9 Å². The Morgan fingerprint density at radius 3 is 2.55 bits per heavy atom. The summed E-state index contributed by atoms with van der Waals surface area (Å²) >= 11 is 6.08. The standard InChI is InChI=1S/C17H27ClN2O2/c1-2-7-19-8-10-20(11-9-19)12-16(21)14-22-13-15-5-3-4-6-17(15)18/h3-6,16,21H,2,7-14H2,1H3. The maximum Gasteiger partial charge on any atom is 0.0900 e. The van der Waals surface area contributed by atoms with Crippen molar-refractivity contribution < 1.29 is 9.84 Å². The maximum atomic E-state index is 10.1.